The minimum atomic E-state index is -0.207. The summed E-state index contributed by atoms with van der Waals surface area (Å²) in [5.74, 6) is -0.207. The molecule has 5 heteroatoms. The first-order valence-electron chi connectivity index (χ1n) is 6.54. The summed E-state index contributed by atoms with van der Waals surface area (Å²) in [6, 6.07) is 7.39. The first kappa shape index (κ1) is 14.0. The van der Waals surface area contributed by atoms with Crippen molar-refractivity contribution in [2.24, 2.45) is 0 Å². The number of nitrogens with one attached hydrogen (secondary N) is 1. The van der Waals surface area contributed by atoms with Gasteiger partial charge in [0.15, 0.2) is 0 Å². The molecule has 0 unspecified atom stereocenters. The van der Waals surface area contributed by atoms with Crippen molar-refractivity contribution < 1.29 is 14.4 Å². The molecule has 1 amide bonds. The number of rotatable bonds is 5. The van der Waals surface area contributed by atoms with E-state index in [1.807, 2.05) is 19.1 Å². The van der Waals surface area contributed by atoms with E-state index in [9.17, 15) is 4.79 Å². The molecule has 1 N–H and O–H groups in total. The Balaban J connectivity index is 1.64. The number of carbonyl (C=O) groups is 1. The molecule has 0 saturated carbocycles. The highest BCUT2D eigenvalue weighted by molar-refractivity contribution is 5.93. The summed E-state index contributed by atoms with van der Waals surface area (Å²) in [6.45, 7) is 6.67. The van der Waals surface area contributed by atoms with Crippen molar-refractivity contribution in [2.45, 2.75) is 6.92 Å². The summed E-state index contributed by atoms with van der Waals surface area (Å²) in [6.07, 6.45) is 0. The summed E-state index contributed by atoms with van der Waals surface area (Å²) in [4.78, 5) is 19.2. The molecule has 0 spiro atoms. The molecule has 5 nitrogen and oxygen atoms in total. The van der Waals surface area contributed by atoms with Crippen molar-refractivity contribution in [3.63, 3.8) is 0 Å². The van der Waals surface area contributed by atoms with Gasteiger partial charge in [-0.3, -0.25) is 14.5 Å². The maximum Gasteiger partial charge on any atom is 0.274 e. The molecule has 1 aliphatic heterocycles. The van der Waals surface area contributed by atoms with Gasteiger partial charge in [0.1, 0.15) is 0 Å². The van der Waals surface area contributed by atoms with Crippen LogP contribution in [0.2, 0.25) is 0 Å². The fourth-order valence-corrected chi connectivity index (χ4v) is 1.88. The van der Waals surface area contributed by atoms with E-state index in [0.717, 1.165) is 38.4 Å². The second kappa shape index (κ2) is 7.23. The molecule has 0 bridgehead atoms. The van der Waals surface area contributed by atoms with Gasteiger partial charge in [-0.25, -0.2) is 5.48 Å². The Morgan fingerprint density at radius 1 is 1.32 bits per heavy atom. The second-order valence-corrected chi connectivity index (χ2v) is 4.60. The Morgan fingerprint density at radius 3 is 2.68 bits per heavy atom. The van der Waals surface area contributed by atoms with E-state index in [-0.39, 0.29) is 5.91 Å². The standard InChI is InChI=1S/C14H20N2O3/c1-12-2-4-13(5-3-12)14(17)15-19-11-8-16-6-9-18-10-7-16/h2-5H,6-11H2,1H3,(H,15,17). The van der Waals surface area contributed by atoms with Crippen LogP contribution >= 0.6 is 0 Å². The van der Waals surface area contributed by atoms with E-state index < -0.39 is 0 Å². The number of ether oxygens (including phenoxy) is 1. The third-order valence-electron chi connectivity index (χ3n) is 3.09. The highest BCUT2D eigenvalue weighted by atomic mass is 16.7. The quantitative estimate of drug-likeness (QED) is 0.636. The molecule has 19 heavy (non-hydrogen) atoms. The van der Waals surface area contributed by atoms with Crippen molar-refractivity contribution in [3.05, 3.63) is 35.4 Å². The van der Waals surface area contributed by atoms with Crippen LogP contribution in [0.25, 0.3) is 0 Å². The van der Waals surface area contributed by atoms with Crippen molar-refractivity contribution in [2.75, 3.05) is 39.5 Å². The number of carbonyl (C=O) groups excluding carboxylic acids is 1. The summed E-state index contributed by atoms with van der Waals surface area (Å²) in [5.41, 5.74) is 4.20. The number of nitrogens with zero attached hydrogens (tertiary/aromatic N) is 1. The van der Waals surface area contributed by atoms with E-state index in [1.54, 1.807) is 12.1 Å². The average molecular weight is 264 g/mol. The van der Waals surface area contributed by atoms with E-state index in [2.05, 4.69) is 10.4 Å². The molecular weight excluding hydrogens is 244 g/mol. The van der Waals surface area contributed by atoms with E-state index in [4.69, 9.17) is 9.57 Å². The molecular formula is C14H20N2O3. The molecule has 1 fully saturated rings. The Hall–Kier alpha value is -1.43. The van der Waals surface area contributed by atoms with Crippen LogP contribution < -0.4 is 5.48 Å². The fourth-order valence-electron chi connectivity index (χ4n) is 1.88. The van der Waals surface area contributed by atoms with Gasteiger partial charge in [-0.1, -0.05) is 17.7 Å². The highest BCUT2D eigenvalue weighted by Gasteiger charge is 2.10. The van der Waals surface area contributed by atoms with Crippen molar-refractivity contribution in [3.8, 4) is 0 Å². The number of benzene rings is 1. The zero-order valence-electron chi connectivity index (χ0n) is 11.2. The van der Waals surface area contributed by atoms with Crippen LogP contribution in [0, 0.1) is 6.92 Å². The molecule has 1 heterocycles. The van der Waals surface area contributed by atoms with E-state index >= 15 is 0 Å². The first-order chi connectivity index (χ1) is 9.25. The predicted molar refractivity (Wildman–Crippen MR) is 71.9 cm³/mol. The Morgan fingerprint density at radius 2 is 2.00 bits per heavy atom. The second-order valence-electron chi connectivity index (χ2n) is 4.60. The minimum absolute atomic E-state index is 0.207. The lowest BCUT2D eigenvalue weighted by atomic mass is 10.1. The van der Waals surface area contributed by atoms with Crippen molar-refractivity contribution >= 4 is 5.91 Å². The van der Waals surface area contributed by atoms with Gasteiger partial charge >= 0.3 is 0 Å². The van der Waals surface area contributed by atoms with Crippen LogP contribution in [0.5, 0.6) is 0 Å². The van der Waals surface area contributed by atoms with Crippen LogP contribution in [0.1, 0.15) is 15.9 Å². The van der Waals surface area contributed by atoms with E-state index in [1.165, 1.54) is 0 Å². The lowest BCUT2D eigenvalue weighted by Gasteiger charge is -2.26. The molecule has 2 rings (SSSR count). The number of aryl methyl sites for hydroxylation is 1. The summed E-state index contributed by atoms with van der Waals surface area (Å²) >= 11 is 0. The molecule has 1 aromatic rings. The van der Waals surface area contributed by atoms with E-state index in [0.29, 0.717) is 12.2 Å². The number of hydrogen-bond acceptors (Lipinski definition) is 4. The number of morpholine rings is 1. The van der Waals surface area contributed by atoms with Crippen LogP contribution in [0.3, 0.4) is 0 Å². The smallest absolute Gasteiger partial charge is 0.274 e. The first-order valence-corrected chi connectivity index (χ1v) is 6.54. The lowest BCUT2D eigenvalue weighted by molar-refractivity contribution is -0.00177. The van der Waals surface area contributed by atoms with Crippen molar-refractivity contribution in [1.82, 2.24) is 10.4 Å². The molecule has 0 aromatic heterocycles. The van der Waals surface area contributed by atoms with Crippen LogP contribution in [-0.4, -0.2) is 50.3 Å². The third-order valence-corrected chi connectivity index (χ3v) is 3.09. The van der Waals surface area contributed by atoms with Crippen LogP contribution in [0.15, 0.2) is 24.3 Å². The molecule has 0 radical (unpaired) electrons. The number of amides is 1. The largest absolute Gasteiger partial charge is 0.379 e. The van der Waals surface area contributed by atoms with Crippen molar-refractivity contribution in [1.29, 1.82) is 0 Å². The Labute approximate surface area is 113 Å². The maximum absolute atomic E-state index is 11.7. The topological polar surface area (TPSA) is 50.8 Å². The highest BCUT2D eigenvalue weighted by Crippen LogP contribution is 2.02. The fraction of sp³-hybridized carbons (Fsp3) is 0.500. The predicted octanol–water partition coefficient (Wildman–Crippen LogP) is 0.989. The van der Waals surface area contributed by atoms with Gasteiger partial charge in [-0.05, 0) is 19.1 Å². The summed E-state index contributed by atoms with van der Waals surface area (Å²) in [7, 11) is 0. The van der Waals surface area contributed by atoms with Gasteiger partial charge < -0.3 is 4.74 Å². The molecule has 1 aliphatic rings. The average Bonchev–Trinajstić information content (AvgIpc) is 2.45. The van der Waals surface area contributed by atoms with Crippen LogP contribution in [0.4, 0.5) is 0 Å². The van der Waals surface area contributed by atoms with Gasteiger partial charge in [-0.15, -0.1) is 0 Å². The van der Waals surface area contributed by atoms with Gasteiger partial charge in [0, 0.05) is 25.2 Å². The molecule has 104 valence electrons. The Kier molecular flexibility index (Phi) is 5.32. The molecule has 0 aliphatic carbocycles. The van der Waals surface area contributed by atoms with Gasteiger partial charge in [0.25, 0.3) is 5.91 Å². The summed E-state index contributed by atoms with van der Waals surface area (Å²) in [5, 5.41) is 0. The van der Waals surface area contributed by atoms with Gasteiger partial charge in [0.2, 0.25) is 0 Å². The minimum Gasteiger partial charge on any atom is -0.379 e. The molecule has 1 saturated heterocycles. The van der Waals surface area contributed by atoms with Crippen LogP contribution in [-0.2, 0) is 9.57 Å². The zero-order chi connectivity index (χ0) is 13.5. The number of hydroxylamine groups is 1. The normalized spacial score (nSPS) is 16.3. The lowest BCUT2D eigenvalue weighted by Crippen LogP contribution is -2.39. The number of hydrogen-bond donors (Lipinski definition) is 1. The monoisotopic (exact) mass is 264 g/mol. The molecule has 0 atom stereocenters. The van der Waals surface area contributed by atoms with Gasteiger partial charge in [-0.2, -0.15) is 0 Å². The Bertz CT molecular complexity index is 400. The van der Waals surface area contributed by atoms with Gasteiger partial charge in [0.05, 0.1) is 19.8 Å². The molecule has 1 aromatic carbocycles. The summed E-state index contributed by atoms with van der Waals surface area (Å²) < 4.78 is 5.26. The zero-order valence-corrected chi connectivity index (χ0v) is 11.2. The maximum atomic E-state index is 11.7. The SMILES string of the molecule is Cc1ccc(C(=O)NOCCN2CCOCC2)cc1. The third kappa shape index (κ3) is 4.63.